The smallest absolute Gasteiger partial charge is 0.226 e. The molecule has 0 saturated carbocycles. The quantitative estimate of drug-likeness (QED) is 0.666. The molecule has 1 aliphatic heterocycles. The first-order valence-corrected chi connectivity index (χ1v) is 5.77. The molecule has 1 fully saturated rings. The Kier molecular flexibility index (Phi) is 3.44. The van der Waals surface area contributed by atoms with Gasteiger partial charge < -0.3 is 20.5 Å². The molecule has 94 valence electrons. The average Bonchev–Trinajstić information content (AvgIpc) is 2.23. The first kappa shape index (κ1) is 12.1. The van der Waals surface area contributed by atoms with Crippen LogP contribution in [0.5, 0.6) is 5.88 Å². The number of rotatable bonds is 5. The fourth-order valence-corrected chi connectivity index (χ4v) is 1.62. The van der Waals surface area contributed by atoms with Gasteiger partial charge in [0.2, 0.25) is 11.8 Å². The highest BCUT2D eigenvalue weighted by Gasteiger charge is 2.34. The van der Waals surface area contributed by atoms with E-state index in [2.05, 4.69) is 20.6 Å². The Hall–Kier alpha value is -1.40. The topological polar surface area (TPSA) is 79.3 Å². The van der Waals surface area contributed by atoms with Gasteiger partial charge >= 0.3 is 0 Å². The summed E-state index contributed by atoms with van der Waals surface area (Å²) in [6.07, 6.45) is 0. The number of hydrogen-bond acceptors (Lipinski definition) is 6. The minimum absolute atomic E-state index is 0.440. The molecule has 0 spiro atoms. The number of aromatic nitrogens is 2. The summed E-state index contributed by atoms with van der Waals surface area (Å²) in [5, 5.41) is 16.0. The van der Waals surface area contributed by atoms with Crippen molar-refractivity contribution in [3.63, 3.8) is 0 Å². The Morgan fingerprint density at radius 3 is 2.88 bits per heavy atom. The largest absolute Gasteiger partial charge is 0.478 e. The zero-order chi connectivity index (χ0) is 12.3. The lowest BCUT2D eigenvalue weighted by Gasteiger charge is -2.37. The van der Waals surface area contributed by atoms with Gasteiger partial charge in [-0.1, -0.05) is 0 Å². The van der Waals surface area contributed by atoms with Crippen LogP contribution in [0, 0.1) is 6.92 Å². The van der Waals surface area contributed by atoms with E-state index in [1.807, 2.05) is 13.8 Å². The second kappa shape index (κ2) is 4.85. The Morgan fingerprint density at radius 1 is 1.53 bits per heavy atom. The molecule has 0 radical (unpaired) electrons. The number of anilines is 1. The van der Waals surface area contributed by atoms with E-state index in [1.54, 1.807) is 6.07 Å². The number of aryl methyl sites for hydroxylation is 1. The first-order valence-electron chi connectivity index (χ1n) is 5.77. The summed E-state index contributed by atoms with van der Waals surface area (Å²) in [4.78, 5) is 8.45. The minimum atomic E-state index is -0.682. The molecule has 1 saturated heterocycles. The molecular formula is C11H18N4O2. The number of β-amino-alcohol motifs (C(OH)–C–C–N with tert-alkyl or cyclic N) is 1. The van der Waals surface area contributed by atoms with Crippen LogP contribution in [0.25, 0.3) is 0 Å². The lowest BCUT2D eigenvalue weighted by molar-refractivity contribution is 0.00297. The van der Waals surface area contributed by atoms with E-state index >= 15 is 0 Å². The first-order chi connectivity index (χ1) is 8.11. The van der Waals surface area contributed by atoms with Gasteiger partial charge in [-0.25, -0.2) is 4.98 Å². The van der Waals surface area contributed by atoms with Crippen molar-refractivity contribution in [3.8, 4) is 5.88 Å². The summed E-state index contributed by atoms with van der Waals surface area (Å²) in [5.74, 6) is 1.05. The predicted molar refractivity (Wildman–Crippen MR) is 64.2 cm³/mol. The molecular weight excluding hydrogens is 220 g/mol. The van der Waals surface area contributed by atoms with Crippen LogP contribution in [0.2, 0.25) is 0 Å². The third-order valence-corrected chi connectivity index (χ3v) is 2.61. The van der Waals surface area contributed by atoms with Gasteiger partial charge in [0, 0.05) is 31.4 Å². The van der Waals surface area contributed by atoms with Crippen LogP contribution in [-0.4, -0.2) is 46.9 Å². The highest BCUT2D eigenvalue weighted by molar-refractivity contribution is 5.31. The third kappa shape index (κ3) is 3.04. The predicted octanol–water partition coefficient (Wildman–Crippen LogP) is -0.0701. The highest BCUT2D eigenvalue weighted by atomic mass is 16.5. The van der Waals surface area contributed by atoms with E-state index < -0.39 is 5.60 Å². The van der Waals surface area contributed by atoms with E-state index in [4.69, 9.17) is 4.74 Å². The molecule has 2 rings (SSSR count). The van der Waals surface area contributed by atoms with E-state index in [9.17, 15) is 5.11 Å². The van der Waals surface area contributed by atoms with Crippen LogP contribution in [0.1, 0.15) is 12.6 Å². The highest BCUT2D eigenvalue weighted by Crippen LogP contribution is 2.14. The van der Waals surface area contributed by atoms with Crippen molar-refractivity contribution in [2.45, 2.75) is 19.4 Å². The summed E-state index contributed by atoms with van der Waals surface area (Å²) < 4.78 is 5.33. The molecule has 17 heavy (non-hydrogen) atoms. The number of nitrogens with one attached hydrogen (secondary N) is 2. The van der Waals surface area contributed by atoms with Gasteiger partial charge in [-0.05, 0) is 13.8 Å². The van der Waals surface area contributed by atoms with Gasteiger partial charge in [0.25, 0.3) is 0 Å². The molecule has 2 heterocycles. The van der Waals surface area contributed by atoms with E-state index in [0.29, 0.717) is 38.1 Å². The second-order valence-electron chi connectivity index (χ2n) is 4.29. The monoisotopic (exact) mass is 238 g/mol. The van der Waals surface area contributed by atoms with Crippen molar-refractivity contribution in [3.05, 3.63) is 11.8 Å². The summed E-state index contributed by atoms with van der Waals surface area (Å²) in [6, 6.07) is 1.79. The molecule has 0 aliphatic carbocycles. The molecule has 0 unspecified atom stereocenters. The summed E-state index contributed by atoms with van der Waals surface area (Å²) in [7, 11) is 0. The lowest BCUT2D eigenvalue weighted by Crippen LogP contribution is -2.63. The molecule has 3 N–H and O–H groups in total. The van der Waals surface area contributed by atoms with Gasteiger partial charge in [0.05, 0.1) is 6.61 Å². The zero-order valence-corrected chi connectivity index (χ0v) is 10.2. The molecule has 0 amide bonds. The maximum Gasteiger partial charge on any atom is 0.226 e. The van der Waals surface area contributed by atoms with Crippen LogP contribution in [0.3, 0.4) is 0 Å². The molecule has 0 atom stereocenters. The normalized spacial score (nSPS) is 17.4. The average molecular weight is 238 g/mol. The van der Waals surface area contributed by atoms with Crippen molar-refractivity contribution in [2.75, 3.05) is 31.6 Å². The zero-order valence-electron chi connectivity index (χ0n) is 10.2. The van der Waals surface area contributed by atoms with E-state index in [-0.39, 0.29) is 0 Å². The molecule has 0 aromatic carbocycles. The minimum Gasteiger partial charge on any atom is -0.478 e. The Labute approximate surface area is 100 Å². The number of aliphatic hydroxyl groups is 1. The maximum atomic E-state index is 9.90. The molecule has 6 nitrogen and oxygen atoms in total. The summed E-state index contributed by atoms with van der Waals surface area (Å²) >= 11 is 0. The van der Waals surface area contributed by atoms with E-state index in [1.165, 1.54) is 0 Å². The van der Waals surface area contributed by atoms with Crippen molar-refractivity contribution in [1.82, 2.24) is 15.3 Å². The molecule has 1 aromatic heterocycles. The SMILES string of the molecule is CCOc1cc(C)nc(NCC2(O)CNC2)n1. The van der Waals surface area contributed by atoms with Gasteiger partial charge in [-0.2, -0.15) is 4.98 Å². The van der Waals surface area contributed by atoms with Crippen LogP contribution in [0.4, 0.5) is 5.95 Å². The maximum absolute atomic E-state index is 9.90. The van der Waals surface area contributed by atoms with Crippen molar-refractivity contribution < 1.29 is 9.84 Å². The van der Waals surface area contributed by atoms with Crippen molar-refractivity contribution in [2.24, 2.45) is 0 Å². The Balaban J connectivity index is 1.99. The van der Waals surface area contributed by atoms with Crippen molar-refractivity contribution in [1.29, 1.82) is 0 Å². The van der Waals surface area contributed by atoms with Gasteiger partial charge in [0.1, 0.15) is 5.60 Å². The lowest BCUT2D eigenvalue weighted by atomic mass is 9.98. The molecule has 1 aromatic rings. The third-order valence-electron chi connectivity index (χ3n) is 2.61. The van der Waals surface area contributed by atoms with Gasteiger partial charge in [-0.15, -0.1) is 0 Å². The van der Waals surface area contributed by atoms with Crippen molar-refractivity contribution >= 4 is 5.95 Å². The Bertz CT molecular complexity index is 393. The number of nitrogens with zero attached hydrogens (tertiary/aromatic N) is 2. The van der Waals surface area contributed by atoms with Gasteiger partial charge in [-0.3, -0.25) is 0 Å². The molecule has 1 aliphatic rings. The standard InChI is InChI=1S/C11H18N4O2/c1-3-17-9-4-8(2)14-10(15-9)13-7-11(16)5-12-6-11/h4,12,16H,3,5-7H2,1-2H3,(H,13,14,15). The van der Waals surface area contributed by atoms with Crippen LogP contribution < -0.4 is 15.4 Å². The van der Waals surface area contributed by atoms with Crippen LogP contribution in [-0.2, 0) is 0 Å². The fourth-order valence-electron chi connectivity index (χ4n) is 1.62. The van der Waals surface area contributed by atoms with Crippen LogP contribution >= 0.6 is 0 Å². The van der Waals surface area contributed by atoms with Gasteiger partial charge in [0.15, 0.2) is 0 Å². The summed E-state index contributed by atoms with van der Waals surface area (Å²) in [6.45, 7) is 6.01. The second-order valence-corrected chi connectivity index (χ2v) is 4.29. The Morgan fingerprint density at radius 2 is 2.29 bits per heavy atom. The molecule has 0 bridgehead atoms. The summed E-state index contributed by atoms with van der Waals surface area (Å²) in [5.41, 5.74) is 0.156. The van der Waals surface area contributed by atoms with E-state index in [0.717, 1.165) is 5.69 Å². The fraction of sp³-hybridized carbons (Fsp3) is 0.636. The van der Waals surface area contributed by atoms with Crippen LogP contribution in [0.15, 0.2) is 6.07 Å². The number of ether oxygens (including phenoxy) is 1. The number of hydrogen-bond donors (Lipinski definition) is 3. The molecule has 6 heteroatoms.